The maximum Gasteiger partial charge on any atom is 0.321 e. The number of nitro groups is 1. The van der Waals surface area contributed by atoms with Crippen molar-refractivity contribution < 1.29 is 22.9 Å². The number of carbonyl (C=O) groups excluding carboxylic acids is 1. The molecule has 0 heterocycles. The van der Waals surface area contributed by atoms with Crippen molar-refractivity contribution in [1.29, 1.82) is 0 Å². The molecule has 104 valence electrons. The molecule has 8 nitrogen and oxygen atoms in total. The van der Waals surface area contributed by atoms with Gasteiger partial charge in [-0.1, -0.05) is 12.1 Å². The standard InChI is InChI=1S/C10H12N2O6S/c1-11(7-10(13)18-2)19(16,17)9-6-4-3-5-8(9)12(14)15/h3-6H,7H2,1-2H3. The second-order valence-corrected chi connectivity index (χ2v) is 5.58. The molecule has 19 heavy (non-hydrogen) atoms. The van der Waals surface area contributed by atoms with E-state index in [4.69, 9.17) is 0 Å². The Morgan fingerprint density at radius 3 is 2.53 bits per heavy atom. The van der Waals surface area contributed by atoms with Crippen LogP contribution in [0.2, 0.25) is 0 Å². The van der Waals surface area contributed by atoms with Gasteiger partial charge in [-0.2, -0.15) is 4.31 Å². The van der Waals surface area contributed by atoms with Gasteiger partial charge in [-0.25, -0.2) is 8.42 Å². The molecular formula is C10H12N2O6S. The summed E-state index contributed by atoms with van der Waals surface area (Å²) in [6.07, 6.45) is 0. The molecule has 0 amide bonds. The van der Waals surface area contributed by atoms with Crippen LogP contribution >= 0.6 is 0 Å². The van der Waals surface area contributed by atoms with Gasteiger partial charge in [0.05, 0.1) is 12.0 Å². The van der Waals surface area contributed by atoms with Crippen LogP contribution in [-0.4, -0.2) is 44.3 Å². The summed E-state index contributed by atoms with van der Waals surface area (Å²) in [6.45, 7) is -0.523. The van der Waals surface area contributed by atoms with Crippen LogP contribution in [0.25, 0.3) is 0 Å². The first-order chi connectivity index (χ1) is 8.80. The van der Waals surface area contributed by atoms with Gasteiger partial charge >= 0.3 is 5.97 Å². The molecule has 0 unspecified atom stereocenters. The van der Waals surface area contributed by atoms with E-state index in [0.717, 1.165) is 26.3 Å². The van der Waals surface area contributed by atoms with Crippen LogP contribution in [0.4, 0.5) is 5.69 Å². The van der Waals surface area contributed by atoms with E-state index in [9.17, 15) is 23.3 Å². The number of likely N-dealkylation sites (N-methyl/N-ethyl adjacent to an activating group) is 1. The van der Waals surface area contributed by atoms with Crippen molar-refractivity contribution in [1.82, 2.24) is 4.31 Å². The Morgan fingerprint density at radius 1 is 1.42 bits per heavy atom. The molecule has 0 atom stereocenters. The molecule has 0 bridgehead atoms. The number of sulfonamides is 1. The summed E-state index contributed by atoms with van der Waals surface area (Å²) in [5, 5.41) is 10.8. The van der Waals surface area contributed by atoms with Crippen molar-refractivity contribution >= 4 is 21.7 Å². The molecule has 0 aliphatic heterocycles. The first-order valence-electron chi connectivity index (χ1n) is 5.07. The number of methoxy groups -OCH3 is 1. The van der Waals surface area contributed by atoms with Crippen molar-refractivity contribution in [2.45, 2.75) is 4.90 Å². The first-order valence-corrected chi connectivity index (χ1v) is 6.51. The van der Waals surface area contributed by atoms with E-state index in [0.29, 0.717) is 4.31 Å². The van der Waals surface area contributed by atoms with Crippen molar-refractivity contribution in [3.05, 3.63) is 34.4 Å². The maximum atomic E-state index is 12.1. The molecule has 0 aliphatic carbocycles. The molecule has 1 rings (SSSR count). The van der Waals surface area contributed by atoms with Crippen LogP contribution in [0.3, 0.4) is 0 Å². The van der Waals surface area contributed by atoms with Gasteiger partial charge < -0.3 is 4.74 Å². The highest BCUT2D eigenvalue weighted by molar-refractivity contribution is 7.89. The lowest BCUT2D eigenvalue weighted by molar-refractivity contribution is -0.387. The predicted molar refractivity (Wildman–Crippen MR) is 64.9 cm³/mol. The van der Waals surface area contributed by atoms with Crippen molar-refractivity contribution in [2.75, 3.05) is 20.7 Å². The van der Waals surface area contributed by atoms with Gasteiger partial charge in [-0.05, 0) is 6.07 Å². The molecule has 0 radical (unpaired) electrons. The van der Waals surface area contributed by atoms with E-state index in [1.54, 1.807) is 0 Å². The number of hydrogen-bond donors (Lipinski definition) is 0. The topological polar surface area (TPSA) is 107 Å². The molecule has 0 saturated heterocycles. The van der Waals surface area contributed by atoms with E-state index in [2.05, 4.69) is 4.74 Å². The van der Waals surface area contributed by atoms with Gasteiger partial charge in [0.25, 0.3) is 5.69 Å². The first kappa shape index (κ1) is 15.1. The Bertz CT molecular complexity index is 598. The number of ether oxygens (including phenoxy) is 1. The number of carbonyl (C=O) groups is 1. The zero-order valence-electron chi connectivity index (χ0n) is 10.3. The third kappa shape index (κ3) is 3.26. The summed E-state index contributed by atoms with van der Waals surface area (Å²) in [5.41, 5.74) is -0.542. The van der Waals surface area contributed by atoms with E-state index in [1.807, 2.05) is 0 Å². The number of hydrogen-bond acceptors (Lipinski definition) is 6. The zero-order valence-corrected chi connectivity index (χ0v) is 11.1. The monoisotopic (exact) mass is 288 g/mol. The normalized spacial score (nSPS) is 11.3. The van der Waals surface area contributed by atoms with Gasteiger partial charge in [-0.3, -0.25) is 14.9 Å². The van der Waals surface area contributed by atoms with Crippen LogP contribution in [-0.2, 0) is 19.6 Å². The van der Waals surface area contributed by atoms with E-state index in [-0.39, 0.29) is 0 Å². The Morgan fingerprint density at radius 2 is 2.00 bits per heavy atom. The van der Waals surface area contributed by atoms with Crippen LogP contribution in [0.15, 0.2) is 29.2 Å². The fourth-order valence-electron chi connectivity index (χ4n) is 1.33. The molecule has 0 N–H and O–H groups in total. The summed E-state index contributed by atoms with van der Waals surface area (Å²) in [7, 11) is -1.87. The van der Waals surface area contributed by atoms with Crippen LogP contribution in [0.1, 0.15) is 0 Å². The lowest BCUT2D eigenvalue weighted by Crippen LogP contribution is -2.33. The van der Waals surface area contributed by atoms with E-state index < -0.39 is 38.0 Å². The average Bonchev–Trinajstić information content (AvgIpc) is 2.38. The Labute approximate surface area is 109 Å². The summed E-state index contributed by atoms with van der Waals surface area (Å²) < 4.78 is 29.3. The minimum Gasteiger partial charge on any atom is -0.468 e. The Hall–Kier alpha value is -2.00. The summed E-state index contributed by atoms with van der Waals surface area (Å²) in [5.74, 6) is -0.760. The highest BCUT2D eigenvalue weighted by atomic mass is 32.2. The van der Waals surface area contributed by atoms with Crippen molar-refractivity contribution in [3.8, 4) is 0 Å². The molecular weight excluding hydrogens is 276 g/mol. The molecule has 0 aromatic heterocycles. The van der Waals surface area contributed by atoms with Crippen LogP contribution in [0.5, 0.6) is 0 Å². The Balaban J connectivity index is 3.21. The zero-order chi connectivity index (χ0) is 14.6. The highest BCUT2D eigenvalue weighted by Gasteiger charge is 2.30. The maximum absolute atomic E-state index is 12.1. The number of para-hydroxylation sites is 1. The highest BCUT2D eigenvalue weighted by Crippen LogP contribution is 2.25. The summed E-state index contributed by atoms with van der Waals surface area (Å²) in [4.78, 5) is 20.6. The molecule has 1 aromatic rings. The summed E-state index contributed by atoms with van der Waals surface area (Å²) >= 11 is 0. The van der Waals surface area contributed by atoms with Gasteiger partial charge in [0.1, 0.15) is 6.54 Å². The third-order valence-electron chi connectivity index (χ3n) is 2.33. The van der Waals surface area contributed by atoms with Crippen molar-refractivity contribution in [2.24, 2.45) is 0 Å². The number of nitrogens with zero attached hydrogens (tertiary/aromatic N) is 2. The van der Waals surface area contributed by atoms with E-state index in [1.165, 1.54) is 12.1 Å². The molecule has 9 heteroatoms. The fraction of sp³-hybridized carbons (Fsp3) is 0.300. The van der Waals surface area contributed by atoms with Gasteiger partial charge in [0.2, 0.25) is 10.0 Å². The van der Waals surface area contributed by atoms with Gasteiger partial charge in [-0.15, -0.1) is 0 Å². The molecule has 0 aliphatic rings. The molecule has 0 spiro atoms. The SMILES string of the molecule is COC(=O)CN(C)S(=O)(=O)c1ccccc1[N+](=O)[O-]. The van der Waals surface area contributed by atoms with Gasteiger partial charge in [0.15, 0.2) is 4.90 Å². The predicted octanol–water partition coefficient (Wildman–Crippen LogP) is 0.388. The average molecular weight is 288 g/mol. The van der Waals surface area contributed by atoms with Crippen LogP contribution in [0, 0.1) is 10.1 Å². The third-order valence-corrected chi connectivity index (χ3v) is 4.18. The number of rotatable bonds is 5. The minimum absolute atomic E-state index is 0.466. The van der Waals surface area contributed by atoms with Gasteiger partial charge in [0, 0.05) is 13.1 Å². The minimum atomic E-state index is -4.13. The Kier molecular flexibility index (Phi) is 4.57. The fourth-order valence-corrected chi connectivity index (χ4v) is 2.59. The number of nitro benzene ring substituents is 1. The second kappa shape index (κ2) is 5.76. The molecule has 0 saturated carbocycles. The number of benzene rings is 1. The molecule has 0 fully saturated rings. The quantitative estimate of drug-likeness (QED) is 0.440. The largest absolute Gasteiger partial charge is 0.468 e. The molecule has 1 aromatic carbocycles. The second-order valence-electron chi connectivity index (χ2n) is 3.56. The van der Waals surface area contributed by atoms with Crippen LogP contribution < -0.4 is 0 Å². The number of esters is 1. The summed E-state index contributed by atoms with van der Waals surface area (Å²) in [6, 6.07) is 4.92. The lowest BCUT2D eigenvalue weighted by atomic mass is 10.3. The van der Waals surface area contributed by atoms with Crippen molar-refractivity contribution in [3.63, 3.8) is 0 Å². The van der Waals surface area contributed by atoms with E-state index >= 15 is 0 Å². The smallest absolute Gasteiger partial charge is 0.321 e. The lowest BCUT2D eigenvalue weighted by Gasteiger charge is -2.15.